The molecule has 0 bridgehead atoms. The molecule has 1 heterocycles. The second-order valence-corrected chi connectivity index (χ2v) is 7.87. The number of carbonyl (C=O) groups excluding carboxylic acids is 2. The molecule has 1 aliphatic rings. The van der Waals surface area contributed by atoms with Crippen molar-refractivity contribution in [1.29, 1.82) is 0 Å². The Morgan fingerprint density at radius 1 is 0.968 bits per heavy atom. The molecular formula is C22H31F2N3O4. The highest BCUT2D eigenvalue weighted by Crippen LogP contribution is 2.27. The molecule has 2 amide bonds. The number of amides is 2. The van der Waals surface area contributed by atoms with E-state index >= 15 is 0 Å². The van der Waals surface area contributed by atoms with Gasteiger partial charge >= 0.3 is 5.97 Å². The van der Waals surface area contributed by atoms with Crippen LogP contribution in [0.1, 0.15) is 51.0 Å². The standard InChI is InChI=1S/C22H31F2N3O4/c1-3-20(28)27-12-6-10-25(2)9-5-11-26(21(29)7-4-8-22(30)31)15-16-13-17(23)18(24)14-19(16)27/h13-14H,3-12,15H2,1-2H3,(H,30,31). The van der Waals surface area contributed by atoms with Crippen LogP contribution in [-0.2, 0) is 20.9 Å². The summed E-state index contributed by atoms with van der Waals surface area (Å²) in [5, 5.41) is 8.82. The fourth-order valence-corrected chi connectivity index (χ4v) is 3.71. The Labute approximate surface area is 181 Å². The van der Waals surface area contributed by atoms with Crippen molar-refractivity contribution < 1.29 is 28.3 Å². The summed E-state index contributed by atoms with van der Waals surface area (Å²) in [6.07, 6.45) is 1.73. The molecule has 7 nitrogen and oxygen atoms in total. The van der Waals surface area contributed by atoms with E-state index in [1.54, 1.807) is 11.8 Å². The summed E-state index contributed by atoms with van der Waals surface area (Å²) in [7, 11) is 1.96. The molecule has 31 heavy (non-hydrogen) atoms. The minimum absolute atomic E-state index is 0.0235. The molecule has 0 aliphatic carbocycles. The minimum Gasteiger partial charge on any atom is -0.481 e. The van der Waals surface area contributed by atoms with Gasteiger partial charge in [-0.1, -0.05) is 6.92 Å². The van der Waals surface area contributed by atoms with E-state index in [2.05, 4.69) is 4.90 Å². The number of rotatable bonds is 5. The first-order valence-electron chi connectivity index (χ1n) is 10.7. The predicted octanol–water partition coefficient (Wildman–Crippen LogP) is 3.02. The monoisotopic (exact) mass is 439 g/mol. The summed E-state index contributed by atoms with van der Waals surface area (Å²) >= 11 is 0. The number of benzene rings is 1. The van der Waals surface area contributed by atoms with Gasteiger partial charge < -0.3 is 19.8 Å². The maximum Gasteiger partial charge on any atom is 0.303 e. The van der Waals surface area contributed by atoms with E-state index in [1.165, 1.54) is 4.90 Å². The Balaban J connectivity index is 2.39. The molecule has 0 aromatic heterocycles. The van der Waals surface area contributed by atoms with E-state index in [0.717, 1.165) is 25.2 Å². The predicted molar refractivity (Wildman–Crippen MR) is 113 cm³/mol. The normalized spacial score (nSPS) is 16.3. The number of hydrogen-bond acceptors (Lipinski definition) is 4. The second kappa shape index (κ2) is 11.7. The summed E-state index contributed by atoms with van der Waals surface area (Å²) in [4.78, 5) is 41.3. The first-order chi connectivity index (χ1) is 14.7. The van der Waals surface area contributed by atoms with Gasteiger partial charge in [-0.15, -0.1) is 0 Å². The lowest BCUT2D eigenvalue weighted by Crippen LogP contribution is -2.38. The number of aliphatic carboxylic acids is 1. The second-order valence-electron chi connectivity index (χ2n) is 7.87. The Morgan fingerprint density at radius 3 is 2.26 bits per heavy atom. The van der Waals surface area contributed by atoms with Crippen LogP contribution in [0, 0.1) is 11.6 Å². The molecule has 0 saturated heterocycles. The molecule has 0 radical (unpaired) electrons. The third-order valence-corrected chi connectivity index (χ3v) is 5.40. The van der Waals surface area contributed by atoms with Crippen molar-refractivity contribution >= 4 is 23.5 Å². The number of carboxylic acid groups (broad SMARTS) is 1. The lowest BCUT2D eigenvalue weighted by atomic mass is 10.1. The van der Waals surface area contributed by atoms with Gasteiger partial charge in [-0.25, -0.2) is 8.78 Å². The van der Waals surface area contributed by atoms with Crippen LogP contribution in [0.2, 0.25) is 0 Å². The fourth-order valence-electron chi connectivity index (χ4n) is 3.71. The summed E-state index contributed by atoms with van der Waals surface area (Å²) in [5.74, 6) is -3.50. The largest absolute Gasteiger partial charge is 0.481 e. The van der Waals surface area contributed by atoms with Crippen molar-refractivity contribution in [2.45, 2.75) is 52.0 Å². The minimum atomic E-state index is -1.05. The number of hydrogen-bond donors (Lipinski definition) is 1. The molecule has 1 aromatic carbocycles. The van der Waals surface area contributed by atoms with E-state index in [9.17, 15) is 23.2 Å². The summed E-state index contributed by atoms with van der Waals surface area (Å²) in [6.45, 7) is 3.96. The molecule has 0 spiro atoms. The SMILES string of the molecule is CCC(=O)N1CCCN(C)CCCN(C(=O)CCCC(=O)O)Cc2cc(F)c(F)cc21. The highest BCUT2D eigenvalue weighted by molar-refractivity contribution is 5.94. The molecule has 9 heteroatoms. The van der Waals surface area contributed by atoms with Crippen LogP contribution in [0.15, 0.2) is 12.1 Å². The van der Waals surface area contributed by atoms with Crippen molar-refractivity contribution in [2.75, 3.05) is 38.1 Å². The molecule has 1 aliphatic heterocycles. The van der Waals surface area contributed by atoms with Crippen LogP contribution in [0.25, 0.3) is 0 Å². The molecule has 0 atom stereocenters. The van der Waals surface area contributed by atoms with Crippen LogP contribution < -0.4 is 4.90 Å². The van der Waals surface area contributed by atoms with E-state index in [-0.39, 0.29) is 49.7 Å². The first-order valence-corrected chi connectivity index (χ1v) is 10.7. The lowest BCUT2D eigenvalue weighted by molar-refractivity contribution is -0.137. The smallest absolute Gasteiger partial charge is 0.303 e. The average molecular weight is 440 g/mol. The van der Waals surface area contributed by atoms with Gasteiger partial charge in [0.25, 0.3) is 0 Å². The average Bonchev–Trinajstić information content (AvgIpc) is 2.71. The van der Waals surface area contributed by atoms with Gasteiger partial charge in [0.05, 0.1) is 5.69 Å². The lowest BCUT2D eigenvalue weighted by Gasteiger charge is -2.31. The third kappa shape index (κ3) is 7.27. The highest BCUT2D eigenvalue weighted by Gasteiger charge is 2.24. The zero-order valence-electron chi connectivity index (χ0n) is 18.2. The maximum atomic E-state index is 14.1. The van der Waals surface area contributed by atoms with Crippen LogP contribution in [0.4, 0.5) is 14.5 Å². The van der Waals surface area contributed by atoms with Gasteiger partial charge in [0.15, 0.2) is 11.6 Å². The summed E-state index contributed by atoms with van der Waals surface area (Å²) in [6, 6.07) is 2.08. The third-order valence-electron chi connectivity index (χ3n) is 5.40. The molecule has 0 unspecified atom stereocenters. The van der Waals surface area contributed by atoms with E-state index in [0.29, 0.717) is 31.5 Å². The Bertz CT molecular complexity index is 803. The quantitative estimate of drug-likeness (QED) is 0.763. The molecule has 0 fully saturated rings. The van der Waals surface area contributed by atoms with E-state index in [4.69, 9.17) is 5.11 Å². The topological polar surface area (TPSA) is 81.2 Å². The van der Waals surface area contributed by atoms with Crippen molar-refractivity contribution in [2.24, 2.45) is 0 Å². The Kier molecular flexibility index (Phi) is 9.36. The van der Waals surface area contributed by atoms with Gasteiger partial charge in [0.2, 0.25) is 11.8 Å². The number of carbonyl (C=O) groups is 3. The number of nitrogens with zero attached hydrogens (tertiary/aromatic N) is 3. The van der Waals surface area contributed by atoms with Gasteiger partial charge in [0, 0.05) is 45.0 Å². The summed E-state index contributed by atoms with van der Waals surface area (Å²) < 4.78 is 28.2. The number of anilines is 1. The molecule has 1 aromatic rings. The number of carboxylic acids is 1. The molecule has 172 valence electrons. The highest BCUT2D eigenvalue weighted by atomic mass is 19.2. The van der Waals surface area contributed by atoms with Crippen molar-refractivity contribution in [3.63, 3.8) is 0 Å². The zero-order chi connectivity index (χ0) is 23.0. The van der Waals surface area contributed by atoms with Gasteiger partial charge in [0.1, 0.15) is 0 Å². The van der Waals surface area contributed by atoms with Gasteiger partial charge in [-0.3, -0.25) is 14.4 Å². The van der Waals surface area contributed by atoms with Crippen LogP contribution in [0.3, 0.4) is 0 Å². The Morgan fingerprint density at radius 2 is 1.61 bits per heavy atom. The van der Waals surface area contributed by atoms with Crippen LogP contribution in [0.5, 0.6) is 0 Å². The van der Waals surface area contributed by atoms with Crippen molar-refractivity contribution in [1.82, 2.24) is 9.80 Å². The molecule has 1 N–H and O–H groups in total. The molecule has 2 rings (SSSR count). The van der Waals surface area contributed by atoms with Crippen molar-refractivity contribution in [3.05, 3.63) is 29.3 Å². The van der Waals surface area contributed by atoms with Gasteiger partial charge in [-0.05, 0) is 51.0 Å². The van der Waals surface area contributed by atoms with Crippen LogP contribution in [-0.4, -0.2) is 65.9 Å². The molecular weight excluding hydrogens is 408 g/mol. The maximum absolute atomic E-state index is 14.1. The Hall–Kier alpha value is -2.55. The number of halogens is 2. The fraction of sp³-hybridized carbons (Fsp3) is 0.591. The zero-order valence-corrected chi connectivity index (χ0v) is 18.2. The van der Waals surface area contributed by atoms with Crippen LogP contribution >= 0.6 is 0 Å². The van der Waals surface area contributed by atoms with E-state index < -0.39 is 17.6 Å². The molecule has 0 saturated carbocycles. The van der Waals surface area contributed by atoms with E-state index in [1.807, 2.05) is 7.05 Å². The summed E-state index contributed by atoms with van der Waals surface area (Å²) in [5.41, 5.74) is 0.638. The first kappa shape index (κ1) is 24.7. The number of fused-ring (bicyclic) bond motifs is 1. The van der Waals surface area contributed by atoms with Gasteiger partial charge in [-0.2, -0.15) is 0 Å². The van der Waals surface area contributed by atoms with Crippen molar-refractivity contribution in [3.8, 4) is 0 Å².